The van der Waals surface area contributed by atoms with Gasteiger partial charge in [-0.3, -0.25) is 19.3 Å². The molecule has 1 saturated carbocycles. The van der Waals surface area contributed by atoms with Crippen LogP contribution in [0.5, 0.6) is 5.75 Å². The highest BCUT2D eigenvalue weighted by molar-refractivity contribution is 6.08. The molecule has 0 radical (unpaired) electrons. The molecule has 3 atom stereocenters. The predicted molar refractivity (Wildman–Crippen MR) is 95.0 cm³/mol. The second-order valence-electron chi connectivity index (χ2n) is 7.10. The molecule has 150 valence electrons. The molecule has 1 aromatic rings. The first-order valence-corrected chi connectivity index (χ1v) is 9.25. The van der Waals surface area contributed by atoms with Crippen molar-refractivity contribution in [1.29, 1.82) is 0 Å². The van der Waals surface area contributed by atoms with Gasteiger partial charge < -0.3 is 9.47 Å². The van der Waals surface area contributed by atoms with Gasteiger partial charge in [0.05, 0.1) is 18.9 Å². The van der Waals surface area contributed by atoms with Gasteiger partial charge in [-0.2, -0.15) is 0 Å². The number of rotatable bonds is 6. The Morgan fingerprint density at radius 3 is 2.32 bits per heavy atom. The number of hydrogen-bond donors (Lipinski definition) is 0. The minimum Gasteiger partial charge on any atom is -0.494 e. The number of ketones is 1. The lowest BCUT2D eigenvalue weighted by Crippen LogP contribution is -2.44. The average molecular weight is 391 g/mol. The molecule has 0 N–H and O–H groups in total. The molecule has 1 aromatic carbocycles. The van der Waals surface area contributed by atoms with Gasteiger partial charge in [0.25, 0.3) is 0 Å². The van der Waals surface area contributed by atoms with Gasteiger partial charge in [-0.1, -0.05) is 12.8 Å². The Balaban J connectivity index is 1.61. The molecule has 28 heavy (non-hydrogen) atoms. The Hall–Kier alpha value is -2.77. The molecule has 1 aliphatic carbocycles. The third kappa shape index (κ3) is 3.63. The van der Waals surface area contributed by atoms with Gasteiger partial charge in [0.1, 0.15) is 6.04 Å². The molecular formula is C20H22FNO6. The second kappa shape index (κ2) is 8.08. The Kier molecular flexibility index (Phi) is 5.76. The van der Waals surface area contributed by atoms with E-state index in [0.29, 0.717) is 12.8 Å². The Labute approximate surface area is 161 Å². The number of Topliss-reactive ketones (excluding diaryl/α,β-unsaturated/α-hetero) is 1. The number of fused-ring (bicyclic) bond motifs is 1. The molecule has 1 aliphatic heterocycles. The number of amides is 2. The van der Waals surface area contributed by atoms with Crippen LogP contribution in [0.4, 0.5) is 4.39 Å². The summed E-state index contributed by atoms with van der Waals surface area (Å²) in [6.45, 7) is 0.797. The summed E-state index contributed by atoms with van der Waals surface area (Å²) in [6.07, 6.45) is 3.07. The minimum atomic E-state index is -1.11. The van der Waals surface area contributed by atoms with Crippen LogP contribution in [0.25, 0.3) is 0 Å². The SMILES string of the molecule is COc1ccc(C(=O)COC(=O)[C@H](C)N2C(=O)[C@H]3CCCC[C@@H]3C2=O)cc1F. The van der Waals surface area contributed by atoms with E-state index < -0.39 is 30.2 Å². The summed E-state index contributed by atoms with van der Waals surface area (Å²) in [5, 5.41) is 0. The van der Waals surface area contributed by atoms with Crippen molar-refractivity contribution in [3.63, 3.8) is 0 Å². The second-order valence-corrected chi connectivity index (χ2v) is 7.10. The first kappa shape index (κ1) is 20.0. The number of carbonyl (C=O) groups is 4. The average Bonchev–Trinajstić information content (AvgIpc) is 2.96. The lowest BCUT2D eigenvalue weighted by molar-refractivity contribution is -0.157. The number of methoxy groups -OCH3 is 1. The van der Waals surface area contributed by atoms with Crippen molar-refractivity contribution < 1.29 is 33.0 Å². The molecule has 2 fully saturated rings. The van der Waals surface area contributed by atoms with Gasteiger partial charge in [0.2, 0.25) is 11.8 Å². The van der Waals surface area contributed by atoms with E-state index in [1.54, 1.807) is 0 Å². The molecule has 8 heteroatoms. The molecule has 1 heterocycles. The molecule has 0 spiro atoms. The van der Waals surface area contributed by atoms with Crippen molar-refractivity contribution in [3.05, 3.63) is 29.6 Å². The highest BCUT2D eigenvalue weighted by Gasteiger charge is 2.51. The van der Waals surface area contributed by atoms with Crippen LogP contribution in [-0.4, -0.2) is 48.2 Å². The monoisotopic (exact) mass is 391 g/mol. The van der Waals surface area contributed by atoms with E-state index in [0.717, 1.165) is 23.8 Å². The summed E-state index contributed by atoms with van der Waals surface area (Å²) in [5.74, 6) is -3.57. The number of esters is 1. The number of benzene rings is 1. The third-order valence-corrected chi connectivity index (χ3v) is 5.42. The molecule has 0 unspecified atom stereocenters. The maximum absolute atomic E-state index is 13.7. The van der Waals surface area contributed by atoms with Gasteiger partial charge in [-0.15, -0.1) is 0 Å². The van der Waals surface area contributed by atoms with Crippen LogP contribution in [-0.2, 0) is 19.1 Å². The van der Waals surface area contributed by atoms with E-state index in [4.69, 9.17) is 9.47 Å². The summed E-state index contributed by atoms with van der Waals surface area (Å²) in [7, 11) is 1.31. The molecule has 0 bridgehead atoms. The van der Waals surface area contributed by atoms with Crippen LogP contribution < -0.4 is 4.74 Å². The van der Waals surface area contributed by atoms with E-state index >= 15 is 0 Å². The summed E-state index contributed by atoms with van der Waals surface area (Å²) in [6, 6.07) is 2.55. The van der Waals surface area contributed by atoms with Gasteiger partial charge in [-0.05, 0) is 38.0 Å². The first-order valence-electron chi connectivity index (χ1n) is 9.25. The Morgan fingerprint density at radius 1 is 1.18 bits per heavy atom. The fraction of sp³-hybridized carbons (Fsp3) is 0.500. The van der Waals surface area contributed by atoms with Crippen LogP contribution in [0, 0.1) is 17.7 Å². The molecule has 0 aromatic heterocycles. The summed E-state index contributed by atoms with van der Waals surface area (Å²) < 4.78 is 23.5. The van der Waals surface area contributed by atoms with Crippen LogP contribution in [0.1, 0.15) is 43.0 Å². The maximum Gasteiger partial charge on any atom is 0.329 e. The van der Waals surface area contributed by atoms with Crippen molar-refractivity contribution >= 4 is 23.6 Å². The zero-order valence-corrected chi connectivity index (χ0v) is 15.8. The summed E-state index contributed by atoms with van der Waals surface area (Å²) >= 11 is 0. The van der Waals surface area contributed by atoms with E-state index in [9.17, 15) is 23.6 Å². The highest BCUT2D eigenvalue weighted by Crippen LogP contribution is 2.38. The fourth-order valence-corrected chi connectivity index (χ4v) is 3.86. The van der Waals surface area contributed by atoms with Crippen molar-refractivity contribution in [2.24, 2.45) is 11.8 Å². The number of hydrogen-bond acceptors (Lipinski definition) is 6. The number of likely N-dealkylation sites (tertiary alicyclic amines) is 1. The smallest absolute Gasteiger partial charge is 0.329 e. The van der Waals surface area contributed by atoms with E-state index in [-0.39, 0.29) is 35.0 Å². The molecule has 3 rings (SSSR count). The Bertz CT molecular complexity index is 799. The zero-order chi connectivity index (χ0) is 20.4. The fourth-order valence-electron chi connectivity index (χ4n) is 3.86. The normalized spacial score (nSPS) is 22.6. The number of halogens is 1. The summed E-state index contributed by atoms with van der Waals surface area (Å²) in [5.41, 5.74) is 0.0260. The number of nitrogens with zero attached hydrogens (tertiary/aromatic N) is 1. The molecule has 2 amide bonds. The van der Waals surface area contributed by atoms with Crippen molar-refractivity contribution in [2.75, 3.05) is 13.7 Å². The van der Waals surface area contributed by atoms with Crippen molar-refractivity contribution in [3.8, 4) is 5.75 Å². The molecule has 1 saturated heterocycles. The highest BCUT2D eigenvalue weighted by atomic mass is 19.1. The van der Waals surface area contributed by atoms with E-state index in [1.165, 1.54) is 26.2 Å². The predicted octanol–water partition coefficient (Wildman–Crippen LogP) is 2.12. The van der Waals surface area contributed by atoms with E-state index in [2.05, 4.69) is 0 Å². The Morgan fingerprint density at radius 2 is 1.79 bits per heavy atom. The van der Waals surface area contributed by atoms with Gasteiger partial charge in [-0.25, -0.2) is 9.18 Å². The zero-order valence-electron chi connectivity index (χ0n) is 15.8. The first-order chi connectivity index (χ1) is 13.3. The van der Waals surface area contributed by atoms with Gasteiger partial charge >= 0.3 is 5.97 Å². The lowest BCUT2D eigenvalue weighted by Gasteiger charge is -2.21. The number of carbonyl (C=O) groups excluding carboxylic acids is 4. The quantitative estimate of drug-likeness (QED) is 0.419. The topological polar surface area (TPSA) is 90.0 Å². The maximum atomic E-state index is 13.7. The van der Waals surface area contributed by atoms with Gasteiger partial charge in [0, 0.05) is 5.56 Å². The molecule has 2 aliphatic rings. The lowest BCUT2D eigenvalue weighted by atomic mass is 9.81. The van der Waals surface area contributed by atoms with Gasteiger partial charge in [0.15, 0.2) is 24.0 Å². The largest absolute Gasteiger partial charge is 0.494 e. The number of imide groups is 1. The van der Waals surface area contributed by atoms with E-state index in [1.807, 2.05) is 0 Å². The van der Waals surface area contributed by atoms with Crippen LogP contribution in [0.2, 0.25) is 0 Å². The van der Waals surface area contributed by atoms with Crippen molar-refractivity contribution in [2.45, 2.75) is 38.6 Å². The molecule has 7 nitrogen and oxygen atoms in total. The standard InChI is InChI=1S/C20H22FNO6/c1-11(22-18(24)13-5-3-4-6-14(13)19(22)25)20(26)28-10-16(23)12-7-8-17(27-2)15(21)9-12/h7-9,11,13-14H,3-6,10H2,1-2H3/t11-,13-,14-/m0/s1. The van der Waals surface area contributed by atoms with Crippen LogP contribution >= 0.6 is 0 Å². The van der Waals surface area contributed by atoms with Crippen LogP contribution in [0.3, 0.4) is 0 Å². The molecular weight excluding hydrogens is 369 g/mol. The van der Waals surface area contributed by atoms with Crippen molar-refractivity contribution in [1.82, 2.24) is 4.90 Å². The third-order valence-electron chi connectivity index (χ3n) is 5.42. The number of ether oxygens (including phenoxy) is 2. The summed E-state index contributed by atoms with van der Waals surface area (Å²) in [4.78, 5) is 50.5. The van der Waals surface area contributed by atoms with Crippen LogP contribution in [0.15, 0.2) is 18.2 Å². The minimum absolute atomic E-state index is 0.00491.